The van der Waals surface area contributed by atoms with Crippen LogP contribution in [0.2, 0.25) is 0 Å². The molecule has 31 heavy (non-hydrogen) atoms. The highest BCUT2D eigenvalue weighted by atomic mass is 32.2. The van der Waals surface area contributed by atoms with Gasteiger partial charge in [0.2, 0.25) is 26.0 Å². The minimum absolute atomic E-state index is 0.142. The number of nitrogens with zero attached hydrogens (tertiary/aromatic N) is 2. The average Bonchev–Trinajstić information content (AvgIpc) is 2.78. The van der Waals surface area contributed by atoms with E-state index >= 15 is 0 Å². The number of carbonyl (C=O) groups excluding carboxylic acids is 1. The third kappa shape index (κ3) is 5.32. The summed E-state index contributed by atoms with van der Waals surface area (Å²) in [4.78, 5) is 13.1. The second kappa shape index (κ2) is 9.47. The first kappa shape index (κ1) is 23.4. The van der Waals surface area contributed by atoms with E-state index in [0.29, 0.717) is 19.4 Å². The molecule has 0 radical (unpaired) electrons. The van der Waals surface area contributed by atoms with Gasteiger partial charge in [0.25, 0.3) is 0 Å². The molecule has 1 amide bonds. The average molecular weight is 466 g/mol. The standard InChI is InChI=1S/C21H27N3O5S2/c1-23(2)30(26,27)20-12-10-17(11-13-20)15-22-21(25)18-7-6-14-24(16-18)31(28,29)19-8-4-3-5-9-19/h3-5,8-13,18H,6-7,14-16H2,1-2H3,(H,22,25). The molecule has 1 aliphatic rings. The Labute approximate surface area is 184 Å². The second-order valence-corrected chi connectivity index (χ2v) is 11.8. The van der Waals surface area contributed by atoms with E-state index in [-0.39, 0.29) is 28.8 Å². The Bertz CT molecular complexity index is 1120. The minimum Gasteiger partial charge on any atom is -0.352 e. The summed E-state index contributed by atoms with van der Waals surface area (Å²) in [5.74, 6) is -0.640. The topological polar surface area (TPSA) is 104 Å². The Balaban J connectivity index is 1.61. The van der Waals surface area contributed by atoms with E-state index in [9.17, 15) is 21.6 Å². The highest BCUT2D eigenvalue weighted by Crippen LogP contribution is 2.24. The third-order valence-corrected chi connectivity index (χ3v) is 9.01. The summed E-state index contributed by atoms with van der Waals surface area (Å²) in [7, 11) is -4.20. The summed E-state index contributed by atoms with van der Waals surface area (Å²) in [5.41, 5.74) is 0.760. The number of hydrogen-bond acceptors (Lipinski definition) is 5. The molecule has 0 spiro atoms. The van der Waals surface area contributed by atoms with E-state index < -0.39 is 26.0 Å². The van der Waals surface area contributed by atoms with E-state index in [1.807, 2.05) is 0 Å². The van der Waals surface area contributed by atoms with Crippen LogP contribution in [0.25, 0.3) is 0 Å². The van der Waals surface area contributed by atoms with Gasteiger partial charge in [-0.25, -0.2) is 21.1 Å². The second-order valence-electron chi connectivity index (χ2n) is 7.66. The van der Waals surface area contributed by atoms with Gasteiger partial charge in [-0.3, -0.25) is 4.79 Å². The molecule has 2 aromatic carbocycles. The molecule has 1 heterocycles. The van der Waals surface area contributed by atoms with Gasteiger partial charge in [0.15, 0.2) is 0 Å². The van der Waals surface area contributed by atoms with Crippen LogP contribution in [0.15, 0.2) is 64.4 Å². The Kier molecular flexibility index (Phi) is 7.15. The van der Waals surface area contributed by atoms with Crippen LogP contribution in [0, 0.1) is 5.92 Å². The molecule has 168 valence electrons. The zero-order valence-corrected chi connectivity index (χ0v) is 19.2. The summed E-state index contributed by atoms with van der Waals surface area (Å²) in [6.45, 7) is 0.773. The van der Waals surface area contributed by atoms with Crippen LogP contribution in [-0.2, 0) is 31.4 Å². The Morgan fingerprint density at radius 3 is 2.26 bits per heavy atom. The largest absolute Gasteiger partial charge is 0.352 e. The van der Waals surface area contributed by atoms with Gasteiger partial charge in [0, 0.05) is 33.7 Å². The Morgan fingerprint density at radius 2 is 1.65 bits per heavy atom. The maximum absolute atomic E-state index is 12.8. The van der Waals surface area contributed by atoms with E-state index in [2.05, 4.69) is 5.32 Å². The fourth-order valence-electron chi connectivity index (χ4n) is 3.44. The molecule has 1 atom stereocenters. The van der Waals surface area contributed by atoms with Crippen molar-refractivity contribution in [2.45, 2.75) is 29.2 Å². The summed E-state index contributed by atoms with van der Waals surface area (Å²) in [6, 6.07) is 14.5. The Hall–Kier alpha value is -2.27. The van der Waals surface area contributed by atoms with Gasteiger partial charge in [-0.2, -0.15) is 4.31 Å². The highest BCUT2D eigenvalue weighted by molar-refractivity contribution is 7.89. The van der Waals surface area contributed by atoms with Gasteiger partial charge in [0.1, 0.15) is 0 Å². The quantitative estimate of drug-likeness (QED) is 0.670. The van der Waals surface area contributed by atoms with Crippen LogP contribution < -0.4 is 5.32 Å². The van der Waals surface area contributed by atoms with Gasteiger partial charge < -0.3 is 5.32 Å². The number of piperidine rings is 1. The van der Waals surface area contributed by atoms with Crippen LogP contribution in [-0.4, -0.2) is 58.5 Å². The molecule has 1 unspecified atom stereocenters. The molecule has 10 heteroatoms. The number of benzene rings is 2. The molecule has 8 nitrogen and oxygen atoms in total. The van der Waals surface area contributed by atoms with Crippen molar-refractivity contribution in [1.29, 1.82) is 0 Å². The van der Waals surface area contributed by atoms with Crippen molar-refractivity contribution in [3.8, 4) is 0 Å². The monoisotopic (exact) mass is 465 g/mol. The first-order valence-electron chi connectivity index (χ1n) is 9.97. The highest BCUT2D eigenvalue weighted by Gasteiger charge is 2.33. The molecule has 1 aliphatic heterocycles. The van der Waals surface area contributed by atoms with E-state index in [1.165, 1.54) is 30.5 Å². The Morgan fingerprint density at radius 1 is 1.00 bits per heavy atom. The van der Waals surface area contributed by atoms with Gasteiger partial charge in [-0.1, -0.05) is 30.3 Å². The molecule has 0 aliphatic carbocycles. The van der Waals surface area contributed by atoms with E-state index in [0.717, 1.165) is 9.87 Å². The van der Waals surface area contributed by atoms with Crippen molar-refractivity contribution in [1.82, 2.24) is 13.9 Å². The fraction of sp³-hybridized carbons (Fsp3) is 0.381. The lowest BCUT2D eigenvalue weighted by molar-refractivity contribution is -0.126. The summed E-state index contributed by atoms with van der Waals surface area (Å²) >= 11 is 0. The normalized spacial score (nSPS) is 18.1. The lowest BCUT2D eigenvalue weighted by atomic mass is 9.99. The molecule has 0 aromatic heterocycles. The first-order chi connectivity index (χ1) is 14.6. The zero-order valence-electron chi connectivity index (χ0n) is 17.6. The molecule has 3 rings (SSSR count). The summed E-state index contributed by atoms with van der Waals surface area (Å²) < 4.78 is 52.5. The lowest BCUT2D eigenvalue weighted by Gasteiger charge is -2.31. The van der Waals surface area contributed by atoms with E-state index in [4.69, 9.17) is 0 Å². The van der Waals surface area contributed by atoms with Crippen LogP contribution in [0.3, 0.4) is 0 Å². The van der Waals surface area contributed by atoms with Crippen molar-refractivity contribution in [3.05, 3.63) is 60.2 Å². The van der Waals surface area contributed by atoms with Crippen LogP contribution in [0.5, 0.6) is 0 Å². The molecule has 2 aromatic rings. The summed E-state index contributed by atoms with van der Waals surface area (Å²) in [5, 5.41) is 2.84. The maximum Gasteiger partial charge on any atom is 0.243 e. The maximum atomic E-state index is 12.8. The molecule has 0 bridgehead atoms. The van der Waals surface area contributed by atoms with E-state index in [1.54, 1.807) is 42.5 Å². The number of amides is 1. The molecule has 1 saturated heterocycles. The third-order valence-electron chi connectivity index (χ3n) is 5.30. The fourth-order valence-corrected chi connectivity index (χ4v) is 5.89. The first-order valence-corrected chi connectivity index (χ1v) is 12.8. The zero-order chi connectivity index (χ0) is 22.6. The molecule has 1 fully saturated rings. The van der Waals surface area contributed by atoms with Crippen LogP contribution >= 0.6 is 0 Å². The SMILES string of the molecule is CN(C)S(=O)(=O)c1ccc(CNC(=O)C2CCCN(S(=O)(=O)c3ccccc3)C2)cc1. The van der Waals surface area contributed by atoms with Gasteiger partial charge in [-0.05, 0) is 42.7 Å². The van der Waals surface area contributed by atoms with Crippen molar-refractivity contribution in [2.75, 3.05) is 27.2 Å². The molecular weight excluding hydrogens is 438 g/mol. The molecule has 1 N–H and O–H groups in total. The van der Waals surface area contributed by atoms with Gasteiger partial charge in [-0.15, -0.1) is 0 Å². The van der Waals surface area contributed by atoms with Gasteiger partial charge in [0.05, 0.1) is 15.7 Å². The van der Waals surface area contributed by atoms with Gasteiger partial charge >= 0.3 is 0 Å². The smallest absolute Gasteiger partial charge is 0.243 e. The van der Waals surface area contributed by atoms with Crippen molar-refractivity contribution < 1.29 is 21.6 Å². The van der Waals surface area contributed by atoms with Crippen LogP contribution in [0.4, 0.5) is 0 Å². The number of nitrogens with one attached hydrogen (secondary N) is 1. The van der Waals surface area contributed by atoms with Crippen molar-refractivity contribution in [3.63, 3.8) is 0 Å². The van der Waals surface area contributed by atoms with Crippen molar-refractivity contribution in [2.24, 2.45) is 5.92 Å². The molecule has 0 saturated carbocycles. The van der Waals surface area contributed by atoms with Crippen molar-refractivity contribution >= 4 is 26.0 Å². The predicted molar refractivity (Wildman–Crippen MR) is 117 cm³/mol. The number of carbonyl (C=O) groups is 1. The number of sulfonamides is 2. The lowest BCUT2D eigenvalue weighted by Crippen LogP contribution is -2.45. The number of hydrogen-bond donors (Lipinski definition) is 1. The van der Waals surface area contributed by atoms with Crippen LogP contribution in [0.1, 0.15) is 18.4 Å². The predicted octanol–water partition coefficient (Wildman–Crippen LogP) is 1.65. The summed E-state index contributed by atoms with van der Waals surface area (Å²) in [6.07, 6.45) is 1.23. The molecular formula is C21H27N3O5S2. The number of rotatable bonds is 7. The minimum atomic E-state index is -3.63.